The second-order valence-electron chi connectivity index (χ2n) is 9.86. The van der Waals surface area contributed by atoms with Crippen LogP contribution < -0.4 is 5.32 Å². The van der Waals surface area contributed by atoms with E-state index in [2.05, 4.69) is 36.1 Å². The molecular weight excluding hydrogens is 422 g/mol. The van der Waals surface area contributed by atoms with Crippen LogP contribution in [0.2, 0.25) is 0 Å². The van der Waals surface area contributed by atoms with Crippen LogP contribution in [0.15, 0.2) is 35.7 Å². The normalized spacial score (nSPS) is 26.1. The number of allylic oxidation sites excluding steroid dienone is 2. The van der Waals surface area contributed by atoms with E-state index in [0.717, 1.165) is 41.7 Å². The largest absolute Gasteiger partial charge is 0.508 e. The van der Waals surface area contributed by atoms with Gasteiger partial charge >= 0.3 is 5.97 Å². The van der Waals surface area contributed by atoms with Crippen LogP contribution in [0.3, 0.4) is 0 Å². The monoisotopic (exact) mass is 455 g/mol. The van der Waals surface area contributed by atoms with Gasteiger partial charge in [-0.25, -0.2) is 0 Å². The quantitative estimate of drug-likeness (QED) is 0.305. The number of phenolic OH excluding ortho intramolecular Hbond substituents is 1. The van der Waals surface area contributed by atoms with Gasteiger partial charge in [-0.1, -0.05) is 26.0 Å². The maximum atomic E-state index is 13.3. The summed E-state index contributed by atoms with van der Waals surface area (Å²) in [5.74, 6) is 1.61. The van der Waals surface area contributed by atoms with Crippen molar-refractivity contribution >= 4 is 33.3 Å². The summed E-state index contributed by atoms with van der Waals surface area (Å²) >= 11 is 1.53. The van der Waals surface area contributed by atoms with Gasteiger partial charge in [-0.3, -0.25) is 9.59 Å². The number of methoxy groups -OCH3 is 1. The first-order valence-electron chi connectivity index (χ1n) is 11.5. The summed E-state index contributed by atoms with van der Waals surface area (Å²) in [5.41, 5.74) is 0.908. The van der Waals surface area contributed by atoms with Gasteiger partial charge in [0.2, 0.25) is 0 Å². The van der Waals surface area contributed by atoms with Gasteiger partial charge in [-0.05, 0) is 73.5 Å². The highest BCUT2D eigenvalue weighted by Crippen LogP contribution is 2.61. The molecule has 32 heavy (non-hydrogen) atoms. The fourth-order valence-corrected chi connectivity index (χ4v) is 6.57. The van der Waals surface area contributed by atoms with E-state index >= 15 is 0 Å². The minimum Gasteiger partial charge on any atom is -0.508 e. The number of carbonyl (C=O) groups excluding carboxylic acids is 2. The highest BCUT2D eigenvalue weighted by molar-refractivity contribution is 7.17. The second kappa shape index (κ2) is 9.26. The average molecular weight is 456 g/mol. The van der Waals surface area contributed by atoms with E-state index in [9.17, 15) is 14.7 Å². The van der Waals surface area contributed by atoms with Crippen LogP contribution in [0.5, 0.6) is 5.75 Å². The summed E-state index contributed by atoms with van der Waals surface area (Å²) in [5, 5.41) is 16.0. The minimum absolute atomic E-state index is 0.0416. The third kappa shape index (κ3) is 4.42. The van der Waals surface area contributed by atoms with E-state index in [-0.39, 0.29) is 29.1 Å². The number of rotatable bonds is 8. The fourth-order valence-electron chi connectivity index (χ4n) is 5.64. The summed E-state index contributed by atoms with van der Waals surface area (Å²) in [6, 6.07) is 5.35. The average Bonchev–Trinajstić information content (AvgIpc) is 3.19. The smallest absolute Gasteiger partial charge is 0.305 e. The molecule has 0 spiro atoms. The Hall–Kier alpha value is -2.34. The Morgan fingerprint density at radius 2 is 2.09 bits per heavy atom. The molecule has 3 aliphatic rings. The van der Waals surface area contributed by atoms with Crippen molar-refractivity contribution in [3.63, 3.8) is 0 Å². The Morgan fingerprint density at radius 3 is 2.84 bits per heavy atom. The van der Waals surface area contributed by atoms with Crippen LogP contribution in [0.4, 0.5) is 0 Å². The van der Waals surface area contributed by atoms with Crippen molar-refractivity contribution in [1.82, 2.24) is 5.32 Å². The zero-order valence-electron chi connectivity index (χ0n) is 19.1. The lowest BCUT2D eigenvalue weighted by molar-refractivity contribution is -0.140. The number of hydrogen-bond acceptors (Lipinski definition) is 5. The molecule has 0 radical (unpaired) electrons. The van der Waals surface area contributed by atoms with Gasteiger partial charge in [-0.2, -0.15) is 0 Å². The van der Waals surface area contributed by atoms with E-state index in [1.54, 1.807) is 12.1 Å². The zero-order chi connectivity index (χ0) is 22.9. The Labute approximate surface area is 193 Å². The molecule has 172 valence electrons. The molecule has 5 nitrogen and oxygen atoms in total. The van der Waals surface area contributed by atoms with E-state index in [4.69, 9.17) is 0 Å². The number of unbranched alkanes of at least 4 members (excludes halogenated alkanes) is 1. The maximum absolute atomic E-state index is 13.3. The van der Waals surface area contributed by atoms with Crippen LogP contribution >= 0.6 is 11.3 Å². The van der Waals surface area contributed by atoms with E-state index in [1.165, 1.54) is 24.9 Å². The van der Waals surface area contributed by atoms with Gasteiger partial charge in [0.15, 0.2) is 0 Å². The number of thiophene rings is 1. The second-order valence-corrected chi connectivity index (χ2v) is 10.8. The van der Waals surface area contributed by atoms with Crippen LogP contribution in [0.1, 0.15) is 62.7 Å². The third-order valence-electron chi connectivity index (χ3n) is 7.76. The Bertz CT molecular complexity index is 1020. The number of amides is 1. The molecule has 5 rings (SSSR count). The van der Waals surface area contributed by atoms with Crippen LogP contribution in [0.25, 0.3) is 10.1 Å². The number of phenols is 1. The lowest BCUT2D eigenvalue weighted by atomic mass is 9.44. The Morgan fingerprint density at radius 1 is 1.28 bits per heavy atom. The van der Waals surface area contributed by atoms with Gasteiger partial charge in [0.25, 0.3) is 5.91 Å². The van der Waals surface area contributed by atoms with Crippen LogP contribution in [-0.4, -0.2) is 30.1 Å². The van der Waals surface area contributed by atoms with E-state index < -0.39 is 0 Å². The number of benzene rings is 1. The highest BCUT2D eigenvalue weighted by Gasteiger charge is 2.57. The summed E-state index contributed by atoms with van der Waals surface area (Å²) in [7, 11) is 1.42. The van der Waals surface area contributed by atoms with Crippen LogP contribution in [-0.2, 0) is 9.53 Å². The molecule has 3 fully saturated rings. The molecule has 0 aliphatic heterocycles. The van der Waals surface area contributed by atoms with E-state index in [1.807, 2.05) is 11.4 Å². The van der Waals surface area contributed by atoms with Crippen molar-refractivity contribution in [1.29, 1.82) is 0 Å². The van der Waals surface area contributed by atoms with Gasteiger partial charge in [-0.15, -0.1) is 11.3 Å². The van der Waals surface area contributed by atoms with Gasteiger partial charge < -0.3 is 15.2 Å². The molecule has 6 heteroatoms. The van der Waals surface area contributed by atoms with Crippen molar-refractivity contribution in [2.24, 2.45) is 23.2 Å². The first-order chi connectivity index (χ1) is 15.3. The number of fused-ring (bicyclic) bond motifs is 3. The molecule has 1 amide bonds. The van der Waals surface area contributed by atoms with Crippen LogP contribution in [0, 0.1) is 23.2 Å². The molecule has 4 atom stereocenters. The van der Waals surface area contributed by atoms with Crippen molar-refractivity contribution in [2.45, 2.75) is 58.4 Å². The number of aromatic hydroxyl groups is 1. The lowest BCUT2D eigenvalue weighted by Crippen LogP contribution is -2.63. The molecule has 1 heterocycles. The summed E-state index contributed by atoms with van der Waals surface area (Å²) < 4.78 is 5.69. The number of hydrogen-bond donors (Lipinski definition) is 2. The summed E-state index contributed by atoms with van der Waals surface area (Å²) in [6.45, 7) is 4.67. The Kier molecular flexibility index (Phi) is 6.61. The SMILES string of the molecule is COC(=O)CCC/C=C\C[C@H]1C[C@H]2C[C@@H](C1NC(=O)c1csc3ccc(O)cc13)C2(C)C. The number of nitrogens with one attached hydrogen (secondary N) is 1. The molecule has 2 bridgehead atoms. The first kappa shape index (κ1) is 22.8. The molecule has 3 saturated carbocycles. The molecule has 2 aromatic rings. The van der Waals surface area contributed by atoms with Crippen molar-refractivity contribution in [3.8, 4) is 5.75 Å². The fraction of sp³-hybridized carbons (Fsp3) is 0.538. The molecule has 1 aromatic carbocycles. The molecule has 0 saturated heterocycles. The molecule has 2 N–H and O–H groups in total. The predicted octanol–water partition coefficient (Wildman–Crippen LogP) is 5.68. The topological polar surface area (TPSA) is 75.6 Å². The molecule has 1 unspecified atom stereocenters. The van der Waals surface area contributed by atoms with Gasteiger partial charge in [0.1, 0.15) is 5.75 Å². The van der Waals surface area contributed by atoms with Crippen molar-refractivity contribution in [3.05, 3.63) is 41.3 Å². The standard InChI is InChI=1S/C26H33NO4S/c1-26(2)17-12-16(8-6-4-5-7-9-23(29)31-3)24(21(26)13-17)27-25(30)20-15-32-22-11-10-18(28)14-19(20)22/h4,6,10-11,14-17,21,24,28H,5,7-9,12-13H2,1-3H3,(H,27,30)/b6-4-/t16-,17-,21-,24?/m0/s1. The lowest BCUT2D eigenvalue weighted by Gasteiger charge is -2.62. The zero-order valence-corrected chi connectivity index (χ0v) is 19.9. The van der Waals surface area contributed by atoms with Gasteiger partial charge in [0.05, 0.1) is 12.7 Å². The van der Waals surface area contributed by atoms with E-state index in [0.29, 0.717) is 23.8 Å². The molecular formula is C26H33NO4S. The number of esters is 1. The Balaban J connectivity index is 1.43. The third-order valence-corrected chi connectivity index (χ3v) is 8.72. The minimum atomic E-state index is -0.162. The molecule has 1 aromatic heterocycles. The summed E-state index contributed by atoms with van der Waals surface area (Å²) in [4.78, 5) is 24.5. The predicted molar refractivity (Wildman–Crippen MR) is 128 cm³/mol. The van der Waals surface area contributed by atoms with Crippen molar-refractivity contribution < 1.29 is 19.4 Å². The van der Waals surface area contributed by atoms with Gasteiger partial charge in [0, 0.05) is 27.9 Å². The first-order valence-corrected chi connectivity index (χ1v) is 12.4. The molecule has 3 aliphatic carbocycles. The maximum Gasteiger partial charge on any atom is 0.305 e. The number of carbonyl (C=O) groups is 2. The van der Waals surface area contributed by atoms with Crippen molar-refractivity contribution in [2.75, 3.05) is 7.11 Å². The number of ether oxygens (including phenoxy) is 1. The highest BCUT2D eigenvalue weighted by atomic mass is 32.1. The summed E-state index contributed by atoms with van der Waals surface area (Å²) in [6.07, 6.45) is 9.74.